The van der Waals surface area contributed by atoms with Crippen LogP contribution in [0.25, 0.3) is 0 Å². The van der Waals surface area contributed by atoms with Crippen LogP contribution in [0.3, 0.4) is 0 Å². The number of hydrogen-bond acceptors (Lipinski definition) is 6. The molecule has 2 aromatic carbocycles. The van der Waals surface area contributed by atoms with E-state index in [1.807, 2.05) is 25.1 Å². The van der Waals surface area contributed by atoms with Gasteiger partial charge in [0.2, 0.25) is 10.0 Å². The molecule has 1 saturated heterocycles. The van der Waals surface area contributed by atoms with Crippen molar-refractivity contribution in [2.24, 2.45) is 11.1 Å². The Morgan fingerprint density at radius 3 is 2.75 bits per heavy atom. The van der Waals surface area contributed by atoms with E-state index >= 15 is 0 Å². The zero-order valence-corrected chi connectivity index (χ0v) is 16.8. The summed E-state index contributed by atoms with van der Waals surface area (Å²) in [6.45, 7) is 4.25. The van der Waals surface area contributed by atoms with Gasteiger partial charge in [0.25, 0.3) is 5.69 Å². The topological polar surface area (TPSA) is 119 Å². The fourth-order valence-electron chi connectivity index (χ4n) is 3.38. The number of nitrogens with one attached hydrogen (secondary N) is 1. The molecular formula is C18H21ClN4O4S. The van der Waals surface area contributed by atoms with Gasteiger partial charge in [-0.1, -0.05) is 17.7 Å². The zero-order chi connectivity index (χ0) is 20.5. The van der Waals surface area contributed by atoms with Crippen molar-refractivity contribution in [1.29, 1.82) is 0 Å². The van der Waals surface area contributed by atoms with Gasteiger partial charge in [0.15, 0.2) is 0 Å². The smallest absolute Gasteiger partial charge is 0.293 e. The molecule has 2 aromatic rings. The van der Waals surface area contributed by atoms with Gasteiger partial charge in [-0.2, -0.15) is 0 Å². The van der Waals surface area contributed by atoms with E-state index in [-0.39, 0.29) is 22.2 Å². The molecule has 0 aromatic heterocycles. The first kappa shape index (κ1) is 20.4. The lowest BCUT2D eigenvalue weighted by atomic mass is 10.1. The highest BCUT2D eigenvalue weighted by molar-refractivity contribution is 7.89. The Bertz CT molecular complexity index is 1010. The second-order valence-corrected chi connectivity index (χ2v) is 8.89. The molecule has 1 aliphatic heterocycles. The van der Waals surface area contributed by atoms with Crippen LogP contribution < -0.4 is 15.4 Å². The molecule has 28 heavy (non-hydrogen) atoms. The maximum atomic E-state index is 11.4. The molecule has 1 fully saturated rings. The van der Waals surface area contributed by atoms with Crippen molar-refractivity contribution >= 4 is 38.7 Å². The summed E-state index contributed by atoms with van der Waals surface area (Å²) in [7, 11) is -4.00. The van der Waals surface area contributed by atoms with Crippen LogP contribution in [0.5, 0.6) is 0 Å². The summed E-state index contributed by atoms with van der Waals surface area (Å²) < 4.78 is 22.9. The number of halogens is 1. The van der Waals surface area contributed by atoms with Crippen LogP contribution in [0.2, 0.25) is 5.02 Å². The van der Waals surface area contributed by atoms with E-state index in [2.05, 4.69) is 10.2 Å². The van der Waals surface area contributed by atoms with Gasteiger partial charge in [0, 0.05) is 36.4 Å². The molecule has 0 saturated carbocycles. The molecule has 0 radical (unpaired) electrons. The molecule has 10 heteroatoms. The van der Waals surface area contributed by atoms with E-state index in [0.717, 1.165) is 36.8 Å². The third-order valence-electron chi connectivity index (χ3n) is 4.87. The highest BCUT2D eigenvalue weighted by Gasteiger charge is 2.25. The molecule has 3 rings (SSSR count). The number of hydrogen-bond donors (Lipinski definition) is 2. The summed E-state index contributed by atoms with van der Waals surface area (Å²) in [6, 6.07) is 9.42. The van der Waals surface area contributed by atoms with Crippen molar-refractivity contribution in [2.45, 2.75) is 18.2 Å². The lowest BCUT2D eigenvalue weighted by Gasteiger charge is -2.21. The van der Waals surface area contributed by atoms with Crippen molar-refractivity contribution < 1.29 is 13.3 Å². The molecule has 0 aliphatic carbocycles. The van der Waals surface area contributed by atoms with Crippen LogP contribution in [-0.4, -0.2) is 33.0 Å². The molecule has 1 atom stereocenters. The third kappa shape index (κ3) is 4.54. The van der Waals surface area contributed by atoms with Crippen molar-refractivity contribution in [2.75, 3.05) is 29.9 Å². The minimum atomic E-state index is -4.00. The first-order chi connectivity index (χ1) is 13.1. The molecule has 0 spiro atoms. The van der Waals surface area contributed by atoms with Crippen LogP contribution in [0.1, 0.15) is 12.0 Å². The fraction of sp³-hybridized carbons (Fsp3) is 0.333. The van der Waals surface area contributed by atoms with Gasteiger partial charge in [-0.15, -0.1) is 0 Å². The first-order valence-electron chi connectivity index (χ1n) is 8.71. The number of anilines is 2. The number of primary sulfonamides is 1. The van der Waals surface area contributed by atoms with Gasteiger partial charge in [0.05, 0.1) is 9.82 Å². The quantitative estimate of drug-likeness (QED) is 0.543. The highest BCUT2D eigenvalue weighted by Crippen LogP contribution is 2.31. The zero-order valence-electron chi connectivity index (χ0n) is 15.3. The molecule has 1 heterocycles. The minimum absolute atomic E-state index is 0.273. The average molecular weight is 425 g/mol. The lowest BCUT2D eigenvalue weighted by molar-refractivity contribution is -0.384. The van der Waals surface area contributed by atoms with Gasteiger partial charge in [-0.3, -0.25) is 10.1 Å². The molecule has 8 nitrogen and oxygen atoms in total. The largest absolute Gasteiger partial charge is 0.379 e. The number of nitro benzene ring substituents is 1. The van der Waals surface area contributed by atoms with Crippen LogP contribution in [0, 0.1) is 23.0 Å². The molecular weight excluding hydrogens is 404 g/mol. The first-order valence-corrected chi connectivity index (χ1v) is 10.6. The van der Waals surface area contributed by atoms with E-state index < -0.39 is 14.9 Å². The minimum Gasteiger partial charge on any atom is -0.379 e. The summed E-state index contributed by atoms with van der Waals surface area (Å²) in [6.07, 6.45) is 0.933. The summed E-state index contributed by atoms with van der Waals surface area (Å²) in [4.78, 5) is 12.7. The molecule has 1 aliphatic rings. The second-order valence-electron chi connectivity index (χ2n) is 6.89. The Balaban J connectivity index is 1.70. The van der Waals surface area contributed by atoms with Crippen molar-refractivity contribution in [1.82, 2.24) is 0 Å². The average Bonchev–Trinajstić information content (AvgIpc) is 3.09. The van der Waals surface area contributed by atoms with Crippen LogP contribution in [0.15, 0.2) is 41.3 Å². The third-order valence-corrected chi connectivity index (χ3v) is 6.02. The van der Waals surface area contributed by atoms with Crippen LogP contribution in [-0.2, 0) is 10.0 Å². The van der Waals surface area contributed by atoms with Crippen LogP contribution >= 0.6 is 11.6 Å². The number of rotatable bonds is 6. The predicted molar refractivity (Wildman–Crippen MR) is 109 cm³/mol. The van der Waals surface area contributed by atoms with Gasteiger partial charge in [-0.05, 0) is 49.1 Å². The SMILES string of the molecule is Cc1ccc(Cl)cc1N1CCC(CNc2ccc(S(N)(=O)=O)cc2[N+](=O)[O-])C1. The normalized spacial score (nSPS) is 17.0. The van der Waals surface area contributed by atoms with Gasteiger partial charge >= 0.3 is 0 Å². The van der Waals surface area contributed by atoms with Gasteiger partial charge in [-0.25, -0.2) is 13.6 Å². The van der Waals surface area contributed by atoms with Gasteiger partial charge in [0.1, 0.15) is 5.69 Å². The maximum absolute atomic E-state index is 11.4. The fourth-order valence-corrected chi connectivity index (χ4v) is 4.08. The van der Waals surface area contributed by atoms with Crippen molar-refractivity contribution in [3.63, 3.8) is 0 Å². The summed E-state index contributed by atoms with van der Waals surface area (Å²) in [5.74, 6) is 0.288. The lowest BCUT2D eigenvalue weighted by Crippen LogP contribution is -2.23. The number of aryl methyl sites for hydroxylation is 1. The predicted octanol–water partition coefficient (Wildman–Crippen LogP) is 3.14. The Morgan fingerprint density at radius 2 is 2.07 bits per heavy atom. The molecule has 0 bridgehead atoms. The number of benzene rings is 2. The molecule has 3 N–H and O–H groups in total. The highest BCUT2D eigenvalue weighted by atomic mass is 35.5. The number of sulfonamides is 1. The Kier molecular flexibility index (Phi) is 5.78. The van der Waals surface area contributed by atoms with Gasteiger partial charge < -0.3 is 10.2 Å². The number of nitro groups is 1. The van der Waals surface area contributed by atoms with Crippen LogP contribution in [0.4, 0.5) is 17.1 Å². The monoisotopic (exact) mass is 424 g/mol. The molecule has 150 valence electrons. The summed E-state index contributed by atoms with van der Waals surface area (Å²) >= 11 is 6.11. The maximum Gasteiger partial charge on any atom is 0.293 e. The standard InChI is InChI=1S/C18H21ClN4O4S/c1-12-2-3-14(19)8-17(12)22-7-6-13(11-22)10-21-16-5-4-15(28(20,26)27)9-18(16)23(24)25/h2-5,8-9,13,21H,6-7,10-11H2,1H3,(H2,20,26,27). The van der Waals surface area contributed by atoms with E-state index in [1.54, 1.807) is 0 Å². The summed E-state index contributed by atoms with van der Waals surface area (Å²) in [5, 5.41) is 20.1. The second kappa shape index (κ2) is 7.94. The Morgan fingerprint density at radius 1 is 1.32 bits per heavy atom. The molecule has 1 unspecified atom stereocenters. The van der Waals surface area contributed by atoms with E-state index in [1.165, 1.54) is 12.1 Å². The van der Waals surface area contributed by atoms with E-state index in [4.69, 9.17) is 16.7 Å². The van der Waals surface area contributed by atoms with E-state index in [9.17, 15) is 18.5 Å². The van der Waals surface area contributed by atoms with E-state index in [0.29, 0.717) is 11.6 Å². The number of nitrogens with two attached hydrogens (primary N) is 1. The number of nitrogens with zero attached hydrogens (tertiary/aromatic N) is 2. The summed E-state index contributed by atoms with van der Waals surface area (Å²) in [5.41, 5.74) is 2.20. The Labute approximate surface area is 168 Å². The Hall–Kier alpha value is -2.36. The molecule has 0 amide bonds. The van der Waals surface area contributed by atoms with Crippen molar-refractivity contribution in [3.05, 3.63) is 57.1 Å². The van der Waals surface area contributed by atoms with Crippen molar-refractivity contribution in [3.8, 4) is 0 Å².